The number of anilines is 1. The topological polar surface area (TPSA) is 73.1 Å². The minimum absolute atomic E-state index is 0.354. The van der Waals surface area contributed by atoms with Crippen LogP contribution in [0.5, 0.6) is 5.88 Å². The number of nitrogens with one attached hydrogen (secondary N) is 1. The molecule has 21 heavy (non-hydrogen) atoms. The molecule has 112 valence electrons. The van der Waals surface area contributed by atoms with E-state index in [1.165, 1.54) is 0 Å². The fourth-order valence-corrected chi connectivity index (χ4v) is 2.11. The summed E-state index contributed by atoms with van der Waals surface area (Å²) in [7, 11) is 0. The first-order chi connectivity index (χ1) is 10.2. The van der Waals surface area contributed by atoms with E-state index in [9.17, 15) is 0 Å². The Morgan fingerprint density at radius 3 is 2.71 bits per heavy atom. The standard InChI is InChI=1S/C15H19ClN4O/c1-3-6-13-18-14(20-17)10(2)15(19-13)21-9-11-7-4-5-8-12(11)16/h4-5,7-8H,3,6,9,17H2,1-2H3,(H,18,19,20). The number of ether oxygens (including phenoxy) is 1. The molecule has 0 saturated heterocycles. The van der Waals surface area contributed by atoms with Crippen molar-refractivity contribution in [3.05, 3.63) is 46.2 Å². The molecular weight excluding hydrogens is 288 g/mol. The molecule has 6 heteroatoms. The summed E-state index contributed by atoms with van der Waals surface area (Å²) in [5.74, 6) is 7.33. The van der Waals surface area contributed by atoms with Crippen LogP contribution in [0.1, 0.15) is 30.3 Å². The second kappa shape index (κ2) is 7.24. The Labute approximate surface area is 129 Å². The Morgan fingerprint density at radius 1 is 1.29 bits per heavy atom. The van der Waals surface area contributed by atoms with Gasteiger partial charge >= 0.3 is 0 Å². The highest BCUT2D eigenvalue weighted by atomic mass is 35.5. The third kappa shape index (κ3) is 3.83. The smallest absolute Gasteiger partial charge is 0.222 e. The second-order valence-corrected chi connectivity index (χ2v) is 5.10. The van der Waals surface area contributed by atoms with E-state index in [1.54, 1.807) is 0 Å². The molecule has 0 saturated carbocycles. The molecule has 3 N–H and O–H groups in total. The minimum Gasteiger partial charge on any atom is -0.472 e. The highest BCUT2D eigenvalue weighted by Crippen LogP contribution is 2.24. The van der Waals surface area contributed by atoms with Crippen molar-refractivity contribution >= 4 is 17.4 Å². The van der Waals surface area contributed by atoms with Crippen LogP contribution >= 0.6 is 11.6 Å². The van der Waals surface area contributed by atoms with Gasteiger partial charge in [-0.25, -0.2) is 10.8 Å². The number of hydrogen-bond donors (Lipinski definition) is 2. The average Bonchev–Trinajstić information content (AvgIpc) is 2.49. The van der Waals surface area contributed by atoms with Gasteiger partial charge in [0.25, 0.3) is 0 Å². The molecule has 0 aliphatic carbocycles. The third-order valence-corrected chi connectivity index (χ3v) is 3.45. The van der Waals surface area contributed by atoms with Gasteiger partial charge in [0.1, 0.15) is 18.2 Å². The normalized spacial score (nSPS) is 10.5. The van der Waals surface area contributed by atoms with Gasteiger partial charge in [-0.15, -0.1) is 0 Å². The molecule has 2 aromatic rings. The van der Waals surface area contributed by atoms with Crippen molar-refractivity contribution in [2.24, 2.45) is 5.84 Å². The van der Waals surface area contributed by atoms with Crippen molar-refractivity contribution in [2.45, 2.75) is 33.3 Å². The van der Waals surface area contributed by atoms with Crippen LogP contribution in [0.3, 0.4) is 0 Å². The van der Waals surface area contributed by atoms with Crippen molar-refractivity contribution in [1.29, 1.82) is 0 Å². The van der Waals surface area contributed by atoms with E-state index in [4.69, 9.17) is 22.2 Å². The monoisotopic (exact) mass is 306 g/mol. The second-order valence-electron chi connectivity index (χ2n) is 4.69. The SMILES string of the molecule is CCCc1nc(NN)c(C)c(OCc2ccccc2Cl)n1. The number of rotatable bonds is 6. The zero-order valence-corrected chi connectivity index (χ0v) is 12.9. The summed E-state index contributed by atoms with van der Waals surface area (Å²) in [6, 6.07) is 7.57. The summed E-state index contributed by atoms with van der Waals surface area (Å²) in [6.45, 7) is 4.29. The lowest BCUT2D eigenvalue weighted by atomic mass is 10.2. The summed E-state index contributed by atoms with van der Waals surface area (Å²) in [5.41, 5.74) is 4.28. The molecule has 5 nitrogen and oxygen atoms in total. The molecule has 1 aromatic carbocycles. The summed E-state index contributed by atoms with van der Waals surface area (Å²) in [4.78, 5) is 8.80. The third-order valence-electron chi connectivity index (χ3n) is 3.08. The summed E-state index contributed by atoms with van der Waals surface area (Å²) >= 11 is 6.12. The number of halogens is 1. The molecular formula is C15H19ClN4O. The van der Waals surface area contributed by atoms with E-state index in [1.807, 2.05) is 31.2 Å². The molecule has 0 bridgehead atoms. The zero-order chi connectivity index (χ0) is 15.2. The van der Waals surface area contributed by atoms with Gasteiger partial charge < -0.3 is 10.2 Å². The van der Waals surface area contributed by atoms with Gasteiger partial charge in [-0.2, -0.15) is 4.98 Å². The van der Waals surface area contributed by atoms with Crippen LogP contribution in [-0.4, -0.2) is 9.97 Å². The van der Waals surface area contributed by atoms with Gasteiger partial charge in [0, 0.05) is 17.0 Å². The lowest BCUT2D eigenvalue weighted by Gasteiger charge is -2.13. The van der Waals surface area contributed by atoms with Crippen LogP contribution < -0.4 is 16.0 Å². The molecule has 0 aliphatic rings. The van der Waals surface area contributed by atoms with Crippen LogP contribution in [0.15, 0.2) is 24.3 Å². The molecule has 0 fully saturated rings. The Hall–Kier alpha value is -1.85. The van der Waals surface area contributed by atoms with E-state index < -0.39 is 0 Å². The first-order valence-corrected chi connectivity index (χ1v) is 7.23. The van der Waals surface area contributed by atoms with Crippen molar-refractivity contribution in [3.8, 4) is 5.88 Å². The van der Waals surface area contributed by atoms with E-state index >= 15 is 0 Å². The minimum atomic E-state index is 0.354. The van der Waals surface area contributed by atoms with E-state index in [0.717, 1.165) is 24.0 Å². The number of nitrogens with two attached hydrogens (primary N) is 1. The number of hydrogen-bond acceptors (Lipinski definition) is 5. The van der Waals surface area contributed by atoms with Crippen LogP contribution in [0, 0.1) is 6.92 Å². The number of aromatic nitrogens is 2. The Bertz CT molecular complexity index is 619. The lowest BCUT2D eigenvalue weighted by molar-refractivity contribution is 0.290. The van der Waals surface area contributed by atoms with Gasteiger partial charge in [-0.3, -0.25) is 0 Å². The number of aryl methyl sites for hydroxylation is 1. The summed E-state index contributed by atoms with van der Waals surface area (Å²) in [6.07, 6.45) is 1.73. The number of nitrogen functional groups attached to an aromatic ring is 1. The van der Waals surface area contributed by atoms with Crippen molar-refractivity contribution < 1.29 is 4.74 Å². The van der Waals surface area contributed by atoms with Crippen LogP contribution in [-0.2, 0) is 13.0 Å². The maximum atomic E-state index is 6.12. The average molecular weight is 307 g/mol. The van der Waals surface area contributed by atoms with E-state index in [-0.39, 0.29) is 0 Å². The molecule has 0 aliphatic heterocycles. The van der Waals surface area contributed by atoms with E-state index in [0.29, 0.717) is 29.2 Å². The van der Waals surface area contributed by atoms with Gasteiger partial charge in [-0.05, 0) is 19.4 Å². The number of hydrazine groups is 1. The Kier molecular flexibility index (Phi) is 5.36. The number of benzene rings is 1. The van der Waals surface area contributed by atoms with Crippen LogP contribution in [0.2, 0.25) is 5.02 Å². The van der Waals surface area contributed by atoms with Crippen molar-refractivity contribution in [1.82, 2.24) is 9.97 Å². The molecule has 2 rings (SSSR count). The molecule has 0 spiro atoms. The molecule has 0 radical (unpaired) electrons. The van der Waals surface area contributed by atoms with Gasteiger partial charge in [0.05, 0.1) is 5.56 Å². The van der Waals surface area contributed by atoms with Crippen LogP contribution in [0.25, 0.3) is 0 Å². The molecule has 1 heterocycles. The summed E-state index contributed by atoms with van der Waals surface area (Å²) in [5, 5.41) is 0.676. The first-order valence-electron chi connectivity index (χ1n) is 6.86. The van der Waals surface area contributed by atoms with Crippen LogP contribution in [0.4, 0.5) is 5.82 Å². The Balaban J connectivity index is 2.22. The molecule has 0 atom stereocenters. The van der Waals surface area contributed by atoms with Crippen molar-refractivity contribution in [2.75, 3.05) is 5.43 Å². The maximum absolute atomic E-state index is 6.12. The lowest BCUT2D eigenvalue weighted by Crippen LogP contribution is -2.14. The fraction of sp³-hybridized carbons (Fsp3) is 0.333. The largest absolute Gasteiger partial charge is 0.472 e. The predicted molar refractivity (Wildman–Crippen MR) is 84.4 cm³/mol. The van der Waals surface area contributed by atoms with E-state index in [2.05, 4.69) is 22.3 Å². The predicted octanol–water partition coefficient (Wildman–Crippen LogP) is 3.26. The van der Waals surface area contributed by atoms with Gasteiger partial charge in [-0.1, -0.05) is 36.7 Å². The fourth-order valence-electron chi connectivity index (χ4n) is 1.92. The molecule has 1 aromatic heterocycles. The Morgan fingerprint density at radius 2 is 2.05 bits per heavy atom. The zero-order valence-electron chi connectivity index (χ0n) is 12.2. The van der Waals surface area contributed by atoms with Crippen molar-refractivity contribution in [3.63, 3.8) is 0 Å². The van der Waals surface area contributed by atoms with Gasteiger partial charge in [0.15, 0.2) is 0 Å². The maximum Gasteiger partial charge on any atom is 0.222 e. The molecule has 0 unspecified atom stereocenters. The molecule has 0 amide bonds. The highest BCUT2D eigenvalue weighted by molar-refractivity contribution is 6.31. The van der Waals surface area contributed by atoms with Gasteiger partial charge in [0.2, 0.25) is 5.88 Å². The summed E-state index contributed by atoms with van der Waals surface area (Å²) < 4.78 is 5.80. The number of nitrogens with zero attached hydrogens (tertiary/aromatic N) is 2. The highest BCUT2D eigenvalue weighted by Gasteiger charge is 2.12. The quantitative estimate of drug-likeness (QED) is 0.633. The first kappa shape index (κ1) is 15.5.